The molecule has 1 aliphatic rings. The number of hydrogen-bond acceptors (Lipinski definition) is 3. The van der Waals surface area contributed by atoms with Crippen LogP contribution in [0, 0.1) is 0 Å². The molecule has 0 saturated carbocycles. The predicted molar refractivity (Wildman–Crippen MR) is 73.3 cm³/mol. The van der Waals surface area contributed by atoms with Gasteiger partial charge in [-0.25, -0.2) is 0 Å². The van der Waals surface area contributed by atoms with Gasteiger partial charge in [0.15, 0.2) is 0 Å². The first-order chi connectivity index (χ1) is 8.56. The van der Waals surface area contributed by atoms with Gasteiger partial charge in [-0.3, -0.25) is 4.79 Å². The van der Waals surface area contributed by atoms with Gasteiger partial charge in [-0.05, 0) is 32.1 Å². The van der Waals surface area contributed by atoms with Crippen LogP contribution in [0.25, 0.3) is 0 Å². The van der Waals surface area contributed by atoms with Gasteiger partial charge < -0.3 is 15.8 Å². The molecule has 1 saturated heterocycles. The molecule has 1 heterocycles. The Hall–Kier alpha value is -0.610. The second kappa shape index (κ2) is 7.10. The maximum absolute atomic E-state index is 11.9. The molecule has 1 fully saturated rings. The summed E-state index contributed by atoms with van der Waals surface area (Å²) in [7, 11) is 0. The molecule has 0 spiro atoms. The summed E-state index contributed by atoms with van der Waals surface area (Å²) in [5.41, 5.74) is 5.78. The first-order valence-corrected chi connectivity index (χ1v) is 7.26. The summed E-state index contributed by atoms with van der Waals surface area (Å²) >= 11 is 0. The summed E-state index contributed by atoms with van der Waals surface area (Å²) in [4.78, 5) is 11.9. The number of ether oxygens (including phenoxy) is 1. The highest BCUT2D eigenvalue weighted by molar-refractivity contribution is 5.81. The molecule has 1 unspecified atom stereocenters. The molecule has 0 aromatic rings. The highest BCUT2D eigenvalue weighted by atomic mass is 16.5. The molecule has 0 bridgehead atoms. The molecule has 0 aromatic heterocycles. The Bertz CT molecular complexity index is 265. The van der Waals surface area contributed by atoms with Gasteiger partial charge in [0.1, 0.15) is 0 Å². The van der Waals surface area contributed by atoms with Gasteiger partial charge >= 0.3 is 0 Å². The molecule has 106 valence electrons. The van der Waals surface area contributed by atoms with E-state index in [1.165, 1.54) is 0 Å². The molecule has 4 heteroatoms. The van der Waals surface area contributed by atoms with E-state index in [-0.39, 0.29) is 23.6 Å². The molecular formula is C14H28N2O2. The second-order valence-corrected chi connectivity index (χ2v) is 5.33. The molecule has 3 N–H and O–H groups in total. The van der Waals surface area contributed by atoms with Crippen LogP contribution in [-0.2, 0) is 9.53 Å². The third-order valence-corrected chi connectivity index (χ3v) is 4.06. The number of nitrogens with one attached hydrogen (secondary N) is 1. The van der Waals surface area contributed by atoms with Crippen LogP contribution in [0.15, 0.2) is 0 Å². The largest absolute Gasteiger partial charge is 0.375 e. The smallest absolute Gasteiger partial charge is 0.237 e. The van der Waals surface area contributed by atoms with Gasteiger partial charge in [-0.1, -0.05) is 27.2 Å². The summed E-state index contributed by atoms with van der Waals surface area (Å²) < 4.78 is 5.90. The van der Waals surface area contributed by atoms with Crippen molar-refractivity contribution in [2.75, 3.05) is 6.61 Å². The number of carbonyl (C=O) groups excluding carboxylic acids is 1. The van der Waals surface area contributed by atoms with Crippen molar-refractivity contribution in [3.63, 3.8) is 0 Å². The van der Waals surface area contributed by atoms with Crippen LogP contribution in [0.2, 0.25) is 0 Å². The lowest BCUT2D eigenvalue weighted by Gasteiger charge is -2.40. The Labute approximate surface area is 111 Å². The number of hydrogen-bond donors (Lipinski definition) is 2. The van der Waals surface area contributed by atoms with Crippen molar-refractivity contribution in [2.24, 2.45) is 5.73 Å². The van der Waals surface area contributed by atoms with Gasteiger partial charge in [0.05, 0.1) is 11.6 Å². The summed E-state index contributed by atoms with van der Waals surface area (Å²) in [6.07, 6.45) is 5.49. The molecule has 1 aliphatic heterocycles. The third kappa shape index (κ3) is 3.95. The Morgan fingerprint density at radius 1 is 1.44 bits per heavy atom. The first-order valence-electron chi connectivity index (χ1n) is 7.26. The minimum atomic E-state index is -0.365. The van der Waals surface area contributed by atoms with E-state index in [9.17, 15) is 4.79 Å². The van der Waals surface area contributed by atoms with Crippen LogP contribution >= 0.6 is 0 Å². The van der Waals surface area contributed by atoms with E-state index in [2.05, 4.69) is 19.2 Å². The van der Waals surface area contributed by atoms with E-state index in [1.54, 1.807) is 0 Å². The lowest BCUT2D eigenvalue weighted by Crippen LogP contribution is -2.51. The van der Waals surface area contributed by atoms with Crippen molar-refractivity contribution in [3.05, 3.63) is 0 Å². The lowest BCUT2D eigenvalue weighted by atomic mass is 9.86. The minimum Gasteiger partial charge on any atom is -0.375 e. The average Bonchev–Trinajstić information content (AvgIpc) is 2.39. The van der Waals surface area contributed by atoms with Crippen molar-refractivity contribution in [1.82, 2.24) is 5.32 Å². The summed E-state index contributed by atoms with van der Waals surface area (Å²) in [6.45, 7) is 7.07. The third-order valence-electron chi connectivity index (χ3n) is 4.06. The maximum atomic E-state index is 11.9. The topological polar surface area (TPSA) is 64.4 Å². The van der Waals surface area contributed by atoms with E-state index < -0.39 is 0 Å². The molecule has 18 heavy (non-hydrogen) atoms. The van der Waals surface area contributed by atoms with Crippen molar-refractivity contribution in [2.45, 2.75) is 77.0 Å². The van der Waals surface area contributed by atoms with Crippen LogP contribution in [-0.4, -0.2) is 30.2 Å². The van der Waals surface area contributed by atoms with E-state index in [1.807, 2.05) is 6.92 Å². The van der Waals surface area contributed by atoms with E-state index in [4.69, 9.17) is 10.5 Å². The molecule has 1 amide bonds. The van der Waals surface area contributed by atoms with E-state index in [0.717, 1.165) is 45.1 Å². The number of rotatable bonds is 6. The molecule has 1 rings (SSSR count). The zero-order valence-electron chi connectivity index (χ0n) is 12.0. The van der Waals surface area contributed by atoms with Gasteiger partial charge in [-0.15, -0.1) is 0 Å². The van der Waals surface area contributed by atoms with Crippen molar-refractivity contribution in [3.8, 4) is 0 Å². The highest BCUT2D eigenvalue weighted by Crippen LogP contribution is 2.31. The van der Waals surface area contributed by atoms with Crippen LogP contribution in [0.5, 0.6) is 0 Å². The fourth-order valence-corrected chi connectivity index (χ4v) is 2.64. The monoisotopic (exact) mass is 256 g/mol. The standard InChI is InChI=1S/C14H28N2O2/c1-4-7-12(15)13(17)16-11-8-9-18-14(5-2,6-3)10-11/h11-12H,4-10,15H2,1-3H3,(H,16,17)/t11?,12-/m1/s1. The van der Waals surface area contributed by atoms with Crippen molar-refractivity contribution >= 4 is 5.91 Å². The second-order valence-electron chi connectivity index (χ2n) is 5.33. The SMILES string of the molecule is CCC[C@@H](N)C(=O)NC1CCOC(CC)(CC)C1. The van der Waals surface area contributed by atoms with E-state index in [0.29, 0.717) is 0 Å². The zero-order valence-corrected chi connectivity index (χ0v) is 12.0. The highest BCUT2D eigenvalue weighted by Gasteiger charge is 2.35. The predicted octanol–water partition coefficient (Wildman–Crippen LogP) is 1.97. The van der Waals surface area contributed by atoms with Crippen LogP contribution in [0.1, 0.15) is 59.3 Å². The minimum absolute atomic E-state index is 0.00939. The van der Waals surface area contributed by atoms with E-state index >= 15 is 0 Å². The van der Waals surface area contributed by atoms with Gasteiger partial charge in [-0.2, -0.15) is 0 Å². The Kier molecular flexibility index (Phi) is 6.09. The fraction of sp³-hybridized carbons (Fsp3) is 0.929. The molecule has 0 radical (unpaired) electrons. The molecule has 2 atom stereocenters. The Morgan fingerprint density at radius 2 is 2.11 bits per heavy atom. The summed E-state index contributed by atoms with van der Waals surface area (Å²) in [5, 5.41) is 3.08. The quantitative estimate of drug-likeness (QED) is 0.763. The number of amides is 1. The normalized spacial score (nSPS) is 24.6. The molecular weight excluding hydrogens is 228 g/mol. The number of nitrogens with two attached hydrogens (primary N) is 1. The van der Waals surface area contributed by atoms with Crippen LogP contribution in [0.4, 0.5) is 0 Å². The van der Waals surface area contributed by atoms with Crippen LogP contribution < -0.4 is 11.1 Å². The van der Waals surface area contributed by atoms with Crippen molar-refractivity contribution < 1.29 is 9.53 Å². The van der Waals surface area contributed by atoms with Gasteiger partial charge in [0.2, 0.25) is 5.91 Å². The average molecular weight is 256 g/mol. The Balaban J connectivity index is 2.49. The molecule has 0 aliphatic carbocycles. The molecule has 4 nitrogen and oxygen atoms in total. The first kappa shape index (κ1) is 15.4. The summed E-state index contributed by atoms with van der Waals surface area (Å²) in [5.74, 6) is -0.00939. The number of carbonyl (C=O) groups is 1. The fourth-order valence-electron chi connectivity index (χ4n) is 2.64. The van der Waals surface area contributed by atoms with Crippen LogP contribution in [0.3, 0.4) is 0 Å². The molecule has 0 aromatic carbocycles. The van der Waals surface area contributed by atoms with Gasteiger partial charge in [0.25, 0.3) is 0 Å². The Morgan fingerprint density at radius 3 is 2.67 bits per heavy atom. The van der Waals surface area contributed by atoms with Gasteiger partial charge in [0, 0.05) is 12.6 Å². The summed E-state index contributed by atoms with van der Waals surface area (Å²) in [6, 6.07) is -0.149. The lowest BCUT2D eigenvalue weighted by molar-refractivity contribution is -0.127. The van der Waals surface area contributed by atoms with Crippen molar-refractivity contribution in [1.29, 1.82) is 0 Å². The zero-order chi connectivity index (χ0) is 13.6. The maximum Gasteiger partial charge on any atom is 0.237 e.